The van der Waals surface area contributed by atoms with Gasteiger partial charge in [0.15, 0.2) is 18.9 Å². The minimum absolute atomic E-state index is 0.243. The maximum atomic E-state index is 13.3. The molecule has 86 heavy (non-hydrogen) atoms. The zero-order chi connectivity index (χ0) is 62.6. The average Bonchev–Trinajstić information content (AvgIpc) is 1.89. The maximum Gasteiger partial charge on any atom is 0.220 e. The number of unbranched alkanes of at least 4 members (excludes halogenated alkanes) is 26. The smallest absolute Gasteiger partial charge is 0.220 e. The van der Waals surface area contributed by atoms with E-state index in [-0.39, 0.29) is 18.9 Å². The van der Waals surface area contributed by atoms with Crippen LogP contribution in [0.15, 0.2) is 60.8 Å². The van der Waals surface area contributed by atoms with Gasteiger partial charge in [0.05, 0.1) is 38.6 Å². The highest BCUT2D eigenvalue weighted by atomic mass is 16.8. The number of nitrogens with one attached hydrogen (secondary N) is 1. The summed E-state index contributed by atoms with van der Waals surface area (Å²) in [4.78, 5) is 13.3. The van der Waals surface area contributed by atoms with Gasteiger partial charge in [0.2, 0.25) is 5.91 Å². The highest BCUT2D eigenvalue weighted by Gasteiger charge is 2.53. The molecule has 3 saturated heterocycles. The molecule has 3 fully saturated rings. The fraction of sp³-hybridized carbons (Fsp3) is 0.836. The Labute approximate surface area is 515 Å². The molecule has 3 rings (SSSR count). The van der Waals surface area contributed by atoms with Gasteiger partial charge in [0, 0.05) is 6.42 Å². The van der Waals surface area contributed by atoms with E-state index in [0.717, 1.165) is 70.6 Å². The molecule has 0 aromatic rings. The molecule has 0 spiro atoms. The summed E-state index contributed by atoms with van der Waals surface area (Å²) in [5, 5.41) is 120. The summed E-state index contributed by atoms with van der Waals surface area (Å²) in [5.74, 6) is -0.277. The Kier molecular flexibility index (Phi) is 44.5. The molecule has 19 nitrogen and oxygen atoms in total. The quantitative estimate of drug-likeness (QED) is 0.0203. The lowest BCUT2D eigenvalue weighted by Gasteiger charge is -2.48. The molecule has 0 aromatic heterocycles. The van der Waals surface area contributed by atoms with Crippen LogP contribution in [0.25, 0.3) is 0 Å². The number of rotatable bonds is 50. The predicted octanol–water partition coefficient (Wildman–Crippen LogP) is 7.99. The van der Waals surface area contributed by atoms with Crippen molar-refractivity contribution in [2.75, 3.05) is 26.4 Å². The van der Waals surface area contributed by atoms with Gasteiger partial charge in [-0.15, -0.1) is 0 Å². The molecule has 17 atom stereocenters. The van der Waals surface area contributed by atoms with Crippen molar-refractivity contribution < 1.29 is 89.4 Å². The van der Waals surface area contributed by atoms with Crippen LogP contribution in [0.3, 0.4) is 0 Å². The second-order valence-electron chi connectivity index (χ2n) is 23.9. The van der Waals surface area contributed by atoms with Crippen LogP contribution in [0.1, 0.15) is 226 Å². The number of hydrogen-bond donors (Lipinski definition) is 12. The van der Waals surface area contributed by atoms with E-state index in [9.17, 15) is 61.0 Å². The van der Waals surface area contributed by atoms with Gasteiger partial charge in [0.1, 0.15) is 73.2 Å². The lowest BCUT2D eigenvalue weighted by Crippen LogP contribution is -2.66. The standard InChI is InChI=1S/C67H119NO18/c1-3-5-7-9-11-13-15-16-17-18-19-20-21-22-23-24-25-26-27-28-29-30-31-32-33-34-35-37-39-41-43-45-55(73)68-50(51(72)44-42-40-38-36-14-12-10-8-6-4-2)49-81-65-61(79)58(76)63(53(47-70)83-65)86-67-62(80)59(77)64(54(48-71)84-67)85-66-60(78)57(75)56(74)52(46-69)82-66/h5,7,11,13,16-17,19-20,42,44,50-54,56-67,69-72,74-80H,3-4,6,8-10,12,14-15,18,21-41,43,45-49H2,1-2H3,(H,68,73)/b7-5-,13-11-,17-16-,20-19-,44-42+. The average molecular weight is 1230 g/mol. The molecular formula is C67H119NO18. The third kappa shape index (κ3) is 31.5. The summed E-state index contributed by atoms with van der Waals surface area (Å²) in [7, 11) is 0. The van der Waals surface area contributed by atoms with Crippen molar-refractivity contribution in [1.82, 2.24) is 5.32 Å². The van der Waals surface area contributed by atoms with E-state index >= 15 is 0 Å². The first-order valence-electron chi connectivity index (χ1n) is 33.5. The third-order valence-corrected chi connectivity index (χ3v) is 16.6. The Morgan fingerprint density at radius 3 is 1.26 bits per heavy atom. The SMILES string of the molecule is CC/C=C\C/C=C\C/C=C\C/C=C\CCCCCCCCCCCCCCCCCCCCC(=O)NC(COC1OC(CO)C(OC2OC(CO)C(OC3OC(CO)C(O)C(O)C3O)C(O)C2O)C(O)C1O)C(O)/C=C/CCCCCCCCCC. The van der Waals surface area contributed by atoms with Crippen LogP contribution in [0.4, 0.5) is 0 Å². The number of aliphatic hydroxyl groups is 11. The van der Waals surface area contributed by atoms with Crippen LogP contribution in [-0.2, 0) is 33.2 Å². The van der Waals surface area contributed by atoms with Crippen molar-refractivity contribution in [3.8, 4) is 0 Å². The largest absolute Gasteiger partial charge is 0.394 e. The summed E-state index contributed by atoms with van der Waals surface area (Å²) in [5.41, 5.74) is 0. The second kappa shape index (κ2) is 49.2. The molecule has 12 N–H and O–H groups in total. The van der Waals surface area contributed by atoms with Crippen molar-refractivity contribution in [3.63, 3.8) is 0 Å². The Hall–Kier alpha value is -2.51. The van der Waals surface area contributed by atoms with Crippen LogP contribution < -0.4 is 5.32 Å². The van der Waals surface area contributed by atoms with Gasteiger partial charge in [-0.1, -0.05) is 222 Å². The summed E-state index contributed by atoms with van der Waals surface area (Å²) in [6.07, 6.45) is 32.3. The van der Waals surface area contributed by atoms with Gasteiger partial charge in [0.25, 0.3) is 0 Å². The first kappa shape index (κ1) is 77.7. The number of amides is 1. The van der Waals surface area contributed by atoms with Gasteiger partial charge < -0.3 is 89.9 Å². The molecule has 0 aliphatic carbocycles. The van der Waals surface area contributed by atoms with Crippen molar-refractivity contribution in [2.45, 2.75) is 330 Å². The lowest BCUT2D eigenvalue weighted by molar-refractivity contribution is -0.379. The highest BCUT2D eigenvalue weighted by molar-refractivity contribution is 5.76. The first-order chi connectivity index (χ1) is 41.8. The fourth-order valence-corrected chi connectivity index (χ4v) is 11.1. The lowest BCUT2D eigenvalue weighted by atomic mass is 9.96. The minimum atomic E-state index is -1.98. The molecular weight excluding hydrogens is 1110 g/mol. The van der Waals surface area contributed by atoms with Crippen LogP contribution in [0, 0.1) is 0 Å². The predicted molar refractivity (Wildman–Crippen MR) is 332 cm³/mol. The van der Waals surface area contributed by atoms with E-state index in [1.54, 1.807) is 6.08 Å². The Balaban J connectivity index is 1.35. The Morgan fingerprint density at radius 2 is 0.802 bits per heavy atom. The van der Waals surface area contributed by atoms with E-state index in [2.05, 4.69) is 67.8 Å². The van der Waals surface area contributed by atoms with E-state index in [4.69, 9.17) is 28.4 Å². The van der Waals surface area contributed by atoms with E-state index in [1.807, 2.05) is 6.08 Å². The highest BCUT2D eigenvalue weighted by Crippen LogP contribution is 2.33. The summed E-state index contributed by atoms with van der Waals surface area (Å²) >= 11 is 0. The molecule has 3 aliphatic rings. The minimum Gasteiger partial charge on any atom is -0.394 e. The van der Waals surface area contributed by atoms with E-state index in [0.29, 0.717) is 6.42 Å². The molecule has 500 valence electrons. The molecule has 0 radical (unpaired) electrons. The molecule has 0 saturated carbocycles. The van der Waals surface area contributed by atoms with E-state index < -0.39 is 124 Å². The van der Waals surface area contributed by atoms with Crippen molar-refractivity contribution >= 4 is 5.91 Å². The van der Waals surface area contributed by atoms with Crippen molar-refractivity contribution in [3.05, 3.63) is 60.8 Å². The van der Waals surface area contributed by atoms with Gasteiger partial charge in [-0.05, 0) is 57.8 Å². The summed E-state index contributed by atoms with van der Waals surface area (Å²) in [6, 6.07) is -0.972. The monoisotopic (exact) mass is 1230 g/mol. The Morgan fingerprint density at radius 1 is 0.430 bits per heavy atom. The van der Waals surface area contributed by atoms with Gasteiger partial charge in [-0.2, -0.15) is 0 Å². The third-order valence-electron chi connectivity index (χ3n) is 16.6. The topological polar surface area (TPSA) is 307 Å². The number of carbonyl (C=O) groups excluding carboxylic acids is 1. The molecule has 0 aromatic carbocycles. The normalized spacial score (nSPS) is 29.2. The number of hydrogen-bond acceptors (Lipinski definition) is 18. The van der Waals surface area contributed by atoms with E-state index in [1.165, 1.54) is 128 Å². The summed E-state index contributed by atoms with van der Waals surface area (Å²) in [6.45, 7) is 1.58. The maximum absolute atomic E-state index is 13.3. The zero-order valence-electron chi connectivity index (χ0n) is 52.5. The van der Waals surface area contributed by atoms with Crippen LogP contribution in [0.5, 0.6) is 0 Å². The summed E-state index contributed by atoms with van der Waals surface area (Å²) < 4.78 is 34.2. The number of ether oxygens (including phenoxy) is 6. The van der Waals surface area contributed by atoms with Gasteiger partial charge in [-0.3, -0.25) is 4.79 Å². The van der Waals surface area contributed by atoms with Crippen molar-refractivity contribution in [1.29, 1.82) is 0 Å². The molecule has 3 heterocycles. The first-order valence-corrected chi connectivity index (χ1v) is 33.5. The van der Waals surface area contributed by atoms with Crippen molar-refractivity contribution in [2.24, 2.45) is 0 Å². The molecule has 3 aliphatic heterocycles. The van der Waals surface area contributed by atoms with Gasteiger partial charge in [-0.25, -0.2) is 0 Å². The number of carbonyl (C=O) groups is 1. The molecule has 19 heteroatoms. The number of allylic oxidation sites excluding steroid dienone is 9. The Bertz CT molecular complexity index is 1800. The second-order valence-corrected chi connectivity index (χ2v) is 23.9. The fourth-order valence-electron chi connectivity index (χ4n) is 11.1. The molecule has 17 unspecified atom stereocenters. The van der Waals surface area contributed by atoms with Crippen LogP contribution in [0.2, 0.25) is 0 Å². The van der Waals surface area contributed by atoms with Gasteiger partial charge >= 0.3 is 0 Å². The van der Waals surface area contributed by atoms with Crippen LogP contribution >= 0.6 is 0 Å². The molecule has 1 amide bonds. The molecule has 0 bridgehead atoms. The zero-order valence-corrected chi connectivity index (χ0v) is 52.5. The van der Waals surface area contributed by atoms with Crippen LogP contribution in [-0.4, -0.2) is 193 Å². The number of aliphatic hydroxyl groups excluding tert-OH is 11.